The van der Waals surface area contributed by atoms with Gasteiger partial charge in [-0.15, -0.1) is 0 Å². The highest BCUT2D eigenvalue weighted by molar-refractivity contribution is 5.38. The summed E-state index contributed by atoms with van der Waals surface area (Å²) in [4.78, 5) is 0. The van der Waals surface area contributed by atoms with Gasteiger partial charge in [-0.2, -0.15) is 26.3 Å². The van der Waals surface area contributed by atoms with Crippen LogP contribution in [0.5, 0.6) is 0 Å². The van der Waals surface area contributed by atoms with Gasteiger partial charge in [0.15, 0.2) is 0 Å². The van der Waals surface area contributed by atoms with E-state index in [0.717, 1.165) is 12.3 Å². The summed E-state index contributed by atoms with van der Waals surface area (Å²) in [5, 5.41) is 10.0. The zero-order chi connectivity index (χ0) is 15.9. The highest BCUT2D eigenvalue weighted by Crippen LogP contribution is 2.44. The van der Waals surface area contributed by atoms with E-state index in [1.165, 1.54) is 0 Å². The maximum Gasteiger partial charge on any atom is 0.425 e. The van der Waals surface area contributed by atoms with Crippen LogP contribution in [0, 0.1) is 0 Å². The second kappa shape index (κ2) is 4.80. The van der Waals surface area contributed by atoms with Gasteiger partial charge in [-0.25, -0.2) is 0 Å². The summed E-state index contributed by atoms with van der Waals surface area (Å²) in [7, 11) is 0. The molecule has 0 saturated heterocycles. The Morgan fingerprint density at radius 3 is 1.67 bits per heavy atom. The summed E-state index contributed by atoms with van der Waals surface area (Å²) in [6, 6.07) is 3.02. The number of aliphatic hydroxyl groups is 1. The van der Waals surface area contributed by atoms with Crippen molar-refractivity contribution in [2.45, 2.75) is 18.0 Å². The fourth-order valence-electron chi connectivity index (χ4n) is 1.86. The van der Waals surface area contributed by atoms with E-state index in [4.69, 9.17) is 0 Å². The predicted octanol–water partition coefficient (Wildman–Crippen LogP) is 4.10. The first-order chi connectivity index (χ1) is 9.57. The summed E-state index contributed by atoms with van der Waals surface area (Å²) in [5.74, 6) is 0. The normalized spacial score (nSPS) is 15.8. The summed E-state index contributed by atoms with van der Waals surface area (Å²) < 4.78 is 81.3. The van der Waals surface area contributed by atoms with Crippen LogP contribution in [0.15, 0.2) is 47.3 Å². The van der Waals surface area contributed by atoms with Crippen LogP contribution >= 0.6 is 0 Å². The van der Waals surface area contributed by atoms with Crippen LogP contribution in [0.3, 0.4) is 0 Å². The zero-order valence-corrected chi connectivity index (χ0v) is 10.2. The second-order valence-electron chi connectivity index (χ2n) is 4.30. The Morgan fingerprint density at radius 1 is 0.762 bits per heavy atom. The van der Waals surface area contributed by atoms with Gasteiger partial charge in [0.05, 0.1) is 18.1 Å². The summed E-state index contributed by atoms with van der Waals surface area (Å²) in [6.07, 6.45) is -8.19. The number of hydrogen-bond acceptors (Lipinski definition) is 2. The average Bonchev–Trinajstić information content (AvgIpc) is 2.89. The lowest BCUT2D eigenvalue weighted by Crippen LogP contribution is -2.43. The van der Waals surface area contributed by atoms with Gasteiger partial charge in [0.2, 0.25) is 5.60 Å². The van der Waals surface area contributed by atoms with Crippen LogP contribution < -0.4 is 0 Å². The quantitative estimate of drug-likeness (QED) is 0.847. The van der Waals surface area contributed by atoms with E-state index in [1.54, 1.807) is 0 Å². The van der Waals surface area contributed by atoms with Crippen LogP contribution in [0.2, 0.25) is 0 Å². The van der Waals surface area contributed by atoms with Crippen molar-refractivity contribution in [1.82, 2.24) is 0 Å². The highest BCUT2D eigenvalue weighted by Gasteiger charge is 2.57. The Hall–Kier alpha value is -1.96. The van der Waals surface area contributed by atoms with Crippen LogP contribution in [0.1, 0.15) is 16.7 Å². The molecule has 21 heavy (non-hydrogen) atoms. The number of alkyl halides is 6. The number of rotatable bonds is 2. The molecule has 8 heteroatoms. The molecule has 1 unspecified atom stereocenters. The summed E-state index contributed by atoms with van der Waals surface area (Å²) >= 11 is 0. The predicted molar refractivity (Wildman–Crippen MR) is 59.2 cm³/mol. The van der Waals surface area contributed by atoms with Crippen LogP contribution in [0.4, 0.5) is 26.3 Å². The Morgan fingerprint density at radius 2 is 1.29 bits per heavy atom. The third-order valence-electron chi connectivity index (χ3n) is 2.98. The maximum atomic E-state index is 13.2. The maximum absolute atomic E-state index is 13.2. The minimum atomic E-state index is -5.13. The molecule has 1 aromatic heterocycles. The minimum absolute atomic E-state index is 0.478. The SMILES string of the molecule is OC(c1ccc(C(F)(F)F)cc1)(c1ccoc1)C(F)(F)F. The van der Waals surface area contributed by atoms with Crippen molar-refractivity contribution in [3.8, 4) is 0 Å². The van der Waals surface area contributed by atoms with E-state index in [1.807, 2.05) is 0 Å². The van der Waals surface area contributed by atoms with Crippen LogP contribution in [-0.4, -0.2) is 11.3 Å². The van der Waals surface area contributed by atoms with Gasteiger partial charge in [0.25, 0.3) is 0 Å². The van der Waals surface area contributed by atoms with E-state index < -0.39 is 34.6 Å². The van der Waals surface area contributed by atoms with Crippen molar-refractivity contribution < 1.29 is 35.9 Å². The zero-order valence-electron chi connectivity index (χ0n) is 10.2. The Balaban J connectivity index is 2.54. The lowest BCUT2D eigenvalue weighted by molar-refractivity contribution is -0.248. The molecule has 0 aliphatic rings. The van der Waals surface area contributed by atoms with Gasteiger partial charge >= 0.3 is 12.4 Å². The topological polar surface area (TPSA) is 33.4 Å². The molecule has 2 aromatic rings. The van der Waals surface area contributed by atoms with Crippen molar-refractivity contribution in [3.63, 3.8) is 0 Å². The van der Waals surface area contributed by atoms with Gasteiger partial charge in [0, 0.05) is 5.56 Å². The van der Waals surface area contributed by atoms with Crippen molar-refractivity contribution >= 4 is 0 Å². The first-order valence-electron chi connectivity index (χ1n) is 5.56. The first kappa shape index (κ1) is 15.4. The highest BCUT2D eigenvalue weighted by atomic mass is 19.4. The molecule has 0 saturated carbocycles. The Labute approximate surface area is 114 Å². The molecular formula is C13H8F6O2. The van der Waals surface area contributed by atoms with Crippen molar-refractivity contribution in [1.29, 1.82) is 0 Å². The van der Waals surface area contributed by atoms with E-state index in [2.05, 4.69) is 4.42 Å². The number of furan rings is 1. The molecule has 0 bridgehead atoms. The van der Waals surface area contributed by atoms with E-state index in [0.29, 0.717) is 30.5 Å². The fourth-order valence-corrected chi connectivity index (χ4v) is 1.86. The average molecular weight is 310 g/mol. The monoisotopic (exact) mass is 310 g/mol. The molecule has 0 amide bonds. The van der Waals surface area contributed by atoms with E-state index >= 15 is 0 Å². The third-order valence-corrected chi connectivity index (χ3v) is 2.98. The minimum Gasteiger partial charge on any atom is -0.472 e. The molecule has 0 fully saturated rings. The first-order valence-corrected chi connectivity index (χ1v) is 5.56. The third kappa shape index (κ3) is 2.63. The lowest BCUT2D eigenvalue weighted by Gasteiger charge is -2.30. The van der Waals surface area contributed by atoms with E-state index in [-0.39, 0.29) is 0 Å². The van der Waals surface area contributed by atoms with Gasteiger partial charge in [-0.3, -0.25) is 0 Å². The molecule has 0 aliphatic heterocycles. The molecule has 0 spiro atoms. The number of benzene rings is 1. The largest absolute Gasteiger partial charge is 0.472 e. The second-order valence-corrected chi connectivity index (χ2v) is 4.30. The van der Waals surface area contributed by atoms with Gasteiger partial charge in [-0.05, 0) is 23.8 Å². The van der Waals surface area contributed by atoms with Gasteiger partial charge in [-0.1, -0.05) is 12.1 Å². The molecule has 1 heterocycles. The lowest BCUT2D eigenvalue weighted by atomic mass is 9.87. The van der Waals surface area contributed by atoms with Crippen LogP contribution in [-0.2, 0) is 11.8 Å². The smallest absolute Gasteiger partial charge is 0.425 e. The molecule has 1 atom stereocenters. The molecular weight excluding hydrogens is 302 g/mol. The number of hydrogen-bond donors (Lipinski definition) is 1. The summed E-state index contributed by atoms with van der Waals surface area (Å²) in [5.41, 5.74) is -5.90. The van der Waals surface area contributed by atoms with Gasteiger partial charge < -0.3 is 9.52 Å². The molecule has 0 radical (unpaired) electrons. The Bertz CT molecular complexity index is 597. The van der Waals surface area contributed by atoms with Crippen molar-refractivity contribution in [2.75, 3.05) is 0 Å². The molecule has 1 N–H and O–H groups in total. The fraction of sp³-hybridized carbons (Fsp3) is 0.231. The molecule has 2 rings (SSSR count). The molecule has 1 aromatic carbocycles. The summed E-state index contributed by atoms with van der Waals surface area (Å²) in [6.45, 7) is 0. The van der Waals surface area contributed by atoms with Gasteiger partial charge in [0.1, 0.15) is 0 Å². The number of halogens is 6. The standard InChI is InChI=1S/C13H8F6O2/c14-12(15,16)9-3-1-8(2-4-9)11(20,13(17,18)19)10-5-6-21-7-10/h1-7,20H. The molecule has 0 aliphatic carbocycles. The Kier molecular flexibility index (Phi) is 3.53. The van der Waals surface area contributed by atoms with Crippen LogP contribution in [0.25, 0.3) is 0 Å². The molecule has 114 valence electrons. The molecule has 2 nitrogen and oxygen atoms in total. The van der Waals surface area contributed by atoms with E-state index in [9.17, 15) is 31.4 Å². The van der Waals surface area contributed by atoms with Crippen molar-refractivity contribution in [3.05, 3.63) is 59.5 Å². The van der Waals surface area contributed by atoms with Crippen molar-refractivity contribution in [2.24, 2.45) is 0 Å².